The van der Waals surface area contributed by atoms with Gasteiger partial charge in [0.2, 0.25) is 5.91 Å². The first-order chi connectivity index (χ1) is 16.0. The van der Waals surface area contributed by atoms with E-state index >= 15 is 0 Å². The number of nitrogens with zero attached hydrogens (tertiary/aromatic N) is 2. The third kappa shape index (κ3) is 6.36. The highest BCUT2D eigenvalue weighted by molar-refractivity contribution is 9.10. The van der Waals surface area contributed by atoms with E-state index in [1.165, 1.54) is 10.5 Å². The van der Waals surface area contributed by atoms with Gasteiger partial charge in [0.05, 0.1) is 19.2 Å². The second kappa shape index (κ2) is 11.2. The number of hydrogen-bond acceptors (Lipinski definition) is 4. The smallest absolute Gasteiger partial charge is 0.324 e. The molecule has 2 saturated heterocycles. The van der Waals surface area contributed by atoms with Gasteiger partial charge in [0.25, 0.3) is 0 Å². The second-order valence-corrected chi connectivity index (χ2v) is 9.80. The number of imide groups is 1. The number of carbonyl (C=O) groups excluding carboxylic acids is 2. The Balaban J connectivity index is 1.25. The fraction of sp³-hybridized carbons (Fsp3) is 0.462. The van der Waals surface area contributed by atoms with E-state index in [-0.39, 0.29) is 18.0 Å². The highest BCUT2D eigenvalue weighted by atomic mass is 79.9. The van der Waals surface area contributed by atoms with Crippen LogP contribution < -0.4 is 10.1 Å². The molecule has 6 nitrogen and oxygen atoms in total. The van der Waals surface area contributed by atoms with Crippen molar-refractivity contribution >= 4 is 27.9 Å². The summed E-state index contributed by atoms with van der Waals surface area (Å²) in [6.07, 6.45) is 3.61. The number of nitrogens with one attached hydrogen (secondary N) is 1. The lowest BCUT2D eigenvalue weighted by Crippen LogP contribution is -2.57. The Morgan fingerprint density at radius 2 is 1.85 bits per heavy atom. The molecule has 7 heteroatoms. The van der Waals surface area contributed by atoms with E-state index in [1.807, 2.05) is 43.3 Å². The number of urea groups is 1. The zero-order valence-corrected chi connectivity index (χ0v) is 20.7. The van der Waals surface area contributed by atoms with Crippen molar-refractivity contribution in [3.63, 3.8) is 0 Å². The van der Waals surface area contributed by atoms with E-state index in [4.69, 9.17) is 4.74 Å². The van der Waals surface area contributed by atoms with Gasteiger partial charge in [0.1, 0.15) is 5.75 Å². The van der Waals surface area contributed by atoms with Gasteiger partial charge in [-0.2, -0.15) is 0 Å². The number of rotatable bonds is 8. The van der Waals surface area contributed by atoms with Gasteiger partial charge in [-0.1, -0.05) is 46.3 Å². The first kappa shape index (κ1) is 23.8. The predicted molar refractivity (Wildman–Crippen MR) is 132 cm³/mol. The van der Waals surface area contributed by atoms with E-state index in [1.54, 1.807) is 0 Å². The van der Waals surface area contributed by atoms with Crippen molar-refractivity contribution in [1.82, 2.24) is 15.1 Å². The molecule has 0 saturated carbocycles. The standard InChI is InChI=1S/C26H32BrN3O3/c1-2-33-23-8-9-24(27)21(15-23)14-19-10-12-29(13-11-19)18-22-16-25(31)30(26(32)28-22)17-20-6-4-3-5-7-20/h3-9,15,19,22H,2,10-14,16-18H2,1H3,(H,28,32). The Labute approximate surface area is 204 Å². The normalized spacial score (nSPS) is 20.1. The van der Waals surface area contributed by atoms with Gasteiger partial charge in [0.15, 0.2) is 0 Å². The molecule has 2 aromatic carbocycles. The fourth-order valence-corrected chi connectivity index (χ4v) is 5.14. The lowest BCUT2D eigenvalue weighted by Gasteiger charge is -2.37. The van der Waals surface area contributed by atoms with E-state index in [2.05, 4.69) is 38.3 Å². The summed E-state index contributed by atoms with van der Waals surface area (Å²) in [4.78, 5) is 28.9. The van der Waals surface area contributed by atoms with Crippen molar-refractivity contribution in [3.05, 3.63) is 64.1 Å². The topological polar surface area (TPSA) is 61.9 Å². The molecule has 3 amide bonds. The van der Waals surface area contributed by atoms with Crippen LogP contribution >= 0.6 is 15.9 Å². The maximum Gasteiger partial charge on any atom is 0.324 e. The maximum atomic E-state index is 12.7. The van der Waals surface area contributed by atoms with Crippen LogP contribution in [-0.4, -0.2) is 54.0 Å². The number of piperidine rings is 1. The molecule has 2 aromatic rings. The Hall–Kier alpha value is -2.38. The molecule has 2 aliphatic rings. The molecule has 1 unspecified atom stereocenters. The number of likely N-dealkylation sites (tertiary alicyclic amines) is 1. The van der Waals surface area contributed by atoms with Gasteiger partial charge < -0.3 is 15.0 Å². The lowest BCUT2D eigenvalue weighted by atomic mass is 9.90. The summed E-state index contributed by atoms with van der Waals surface area (Å²) < 4.78 is 6.79. The molecule has 2 fully saturated rings. The zero-order valence-electron chi connectivity index (χ0n) is 19.1. The number of ether oxygens (including phenoxy) is 1. The first-order valence-electron chi connectivity index (χ1n) is 11.8. The van der Waals surface area contributed by atoms with Crippen LogP contribution in [0, 0.1) is 5.92 Å². The van der Waals surface area contributed by atoms with Crippen molar-refractivity contribution in [2.24, 2.45) is 5.92 Å². The van der Waals surface area contributed by atoms with Crippen LogP contribution in [0.4, 0.5) is 4.79 Å². The molecular formula is C26H32BrN3O3. The molecule has 2 aliphatic heterocycles. The summed E-state index contributed by atoms with van der Waals surface area (Å²) >= 11 is 3.68. The molecule has 176 valence electrons. The highest BCUT2D eigenvalue weighted by Crippen LogP contribution is 2.29. The molecule has 4 rings (SSSR count). The average Bonchev–Trinajstić information content (AvgIpc) is 2.81. The Morgan fingerprint density at radius 3 is 2.55 bits per heavy atom. The van der Waals surface area contributed by atoms with E-state index in [9.17, 15) is 9.59 Å². The van der Waals surface area contributed by atoms with Gasteiger partial charge in [-0.25, -0.2) is 4.79 Å². The van der Waals surface area contributed by atoms with Crippen LogP contribution in [0.15, 0.2) is 53.0 Å². The van der Waals surface area contributed by atoms with E-state index < -0.39 is 0 Å². The molecule has 33 heavy (non-hydrogen) atoms. The quantitative estimate of drug-likeness (QED) is 0.559. The van der Waals surface area contributed by atoms with Gasteiger partial charge >= 0.3 is 6.03 Å². The monoisotopic (exact) mass is 513 g/mol. The molecule has 0 aliphatic carbocycles. The second-order valence-electron chi connectivity index (χ2n) is 8.95. The average molecular weight is 514 g/mol. The number of amides is 3. The summed E-state index contributed by atoms with van der Waals surface area (Å²) in [5, 5.41) is 3.05. The van der Waals surface area contributed by atoms with E-state index in [0.29, 0.717) is 25.5 Å². The summed E-state index contributed by atoms with van der Waals surface area (Å²) in [7, 11) is 0. The third-order valence-electron chi connectivity index (χ3n) is 6.50. The van der Waals surface area contributed by atoms with Gasteiger partial charge in [-0.3, -0.25) is 9.69 Å². The Kier molecular flexibility index (Phi) is 8.04. The summed E-state index contributed by atoms with van der Waals surface area (Å²) in [5.41, 5.74) is 2.25. The molecule has 0 spiro atoms. The van der Waals surface area contributed by atoms with Crippen LogP contribution in [0.3, 0.4) is 0 Å². The van der Waals surface area contributed by atoms with Crippen LogP contribution in [0.1, 0.15) is 37.3 Å². The van der Waals surface area contributed by atoms with Crippen molar-refractivity contribution in [2.75, 3.05) is 26.2 Å². The first-order valence-corrected chi connectivity index (χ1v) is 12.6. The molecule has 2 heterocycles. The Morgan fingerprint density at radius 1 is 1.09 bits per heavy atom. The van der Waals surface area contributed by atoms with Crippen LogP contribution in [0.5, 0.6) is 5.75 Å². The number of halogens is 1. The van der Waals surface area contributed by atoms with E-state index in [0.717, 1.165) is 54.7 Å². The minimum Gasteiger partial charge on any atom is -0.494 e. The van der Waals surface area contributed by atoms with Crippen LogP contribution in [0.2, 0.25) is 0 Å². The molecule has 0 bridgehead atoms. The number of carbonyl (C=O) groups is 2. The number of hydrogen-bond donors (Lipinski definition) is 1. The largest absolute Gasteiger partial charge is 0.494 e. The zero-order chi connectivity index (χ0) is 23.2. The lowest BCUT2D eigenvalue weighted by molar-refractivity contribution is -0.130. The molecule has 1 N–H and O–H groups in total. The van der Waals surface area contributed by atoms with Crippen LogP contribution in [0.25, 0.3) is 0 Å². The van der Waals surface area contributed by atoms with Gasteiger partial charge in [-0.05, 0) is 74.5 Å². The van der Waals surface area contributed by atoms with Crippen molar-refractivity contribution in [1.29, 1.82) is 0 Å². The molecular weight excluding hydrogens is 482 g/mol. The minimum atomic E-state index is -0.283. The molecule has 0 aromatic heterocycles. The third-order valence-corrected chi connectivity index (χ3v) is 7.27. The SMILES string of the molecule is CCOc1ccc(Br)c(CC2CCN(CC3CC(=O)N(Cc4ccccc4)C(=O)N3)CC2)c1. The summed E-state index contributed by atoms with van der Waals surface area (Å²) in [5.74, 6) is 1.45. The van der Waals surface area contributed by atoms with Crippen molar-refractivity contribution in [3.8, 4) is 5.75 Å². The van der Waals surface area contributed by atoms with Crippen LogP contribution in [-0.2, 0) is 17.8 Å². The maximum absolute atomic E-state index is 12.7. The van der Waals surface area contributed by atoms with Crippen molar-refractivity contribution < 1.29 is 14.3 Å². The molecule has 1 atom stereocenters. The molecule has 0 radical (unpaired) electrons. The number of benzene rings is 2. The van der Waals surface area contributed by atoms with Crippen molar-refractivity contribution in [2.45, 2.75) is 45.2 Å². The Bertz CT molecular complexity index is 943. The van der Waals surface area contributed by atoms with Gasteiger partial charge in [-0.15, -0.1) is 0 Å². The summed E-state index contributed by atoms with van der Waals surface area (Å²) in [6, 6.07) is 15.4. The minimum absolute atomic E-state index is 0.0958. The predicted octanol–water partition coefficient (Wildman–Crippen LogP) is 4.61. The fourth-order valence-electron chi connectivity index (χ4n) is 4.73. The van der Waals surface area contributed by atoms with Gasteiger partial charge in [0, 0.05) is 17.4 Å². The highest BCUT2D eigenvalue weighted by Gasteiger charge is 2.33. The summed E-state index contributed by atoms with van der Waals surface area (Å²) in [6.45, 7) is 5.70.